The molecule has 4 heteroatoms. The van der Waals surface area contributed by atoms with Crippen LogP contribution in [0.5, 0.6) is 0 Å². The van der Waals surface area contributed by atoms with Crippen LogP contribution in [0.1, 0.15) is 64.3 Å². The predicted octanol–water partition coefficient (Wildman–Crippen LogP) is 3.58. The Morgan fingerprint density at radius 2 is 1.95 bits per heavy atom. The van der Waals surface area contributed by atoms with Crippen molar-refractivity contribution in [3.8, 4) is 0 Å². The number of rotatable bonds is 8. The Kier molecular flexibility index (Phi) is 6.24. The van der Waals surface area contributed by atoms with Crippen LogP contribution in [0.15, 0.2) is 10.6 Å². The Bertz CT molecular complexity index is 402. The highest BCUT2D eigenvalue weighted by Crippen LogP contribution is 2.38. The van der Waals surface area contributed by atoms with E-state index < -0.39 is 0 Å². The maximum Gasteiger partial charge on any atom is 0.151 e. The standard InChI is InChI=1S/C17H31N3O/c1-4-9-18-13-15-12-16(21-19-15)14-20-10-7-17(5-2,6-3)8-11-20/h12,18H,4-11,13-14H2,1-3H3. The maximum atomic E-state index is 5.47. The molecule has 1 fully saturated rings. The highest BCUT2D eigenvalue weighted by atomic mass is 16.5. The highest BCUT2D eigenvalue weighted by Gasteiger charge is 2.31. The zero-order chi connectivity index (χ0) is 15.1. The molecular formula is C17H31N3O. The summed E-state index contributed by atoms with van der Waals surface area (Å²) in [5, 5.41) is 7.51. The second-order valence-electron chi connectivity index (χ2n) is 6.44. The Hall–Kier alpha value is -0.870. The normalized spacial score (nSPS) is 19.0. The van der Waals surface area contributed by atoms with Crippen LogP contribution in [0, 0.1) is 5.41 Å². The Morgan fingerprint density at radius 3 is 2.57 bits per heavy atom. The molecule has 0 aliphatic carbocycles. The van der Waals surface area contributed by atoms with Crippen molar-refractivity contribution in [1.82, 2.24) is 15.4 Å². The summed E-state index contributed by atoms with van der Waals surface area (Å²) in [6, 6.07) is 2.10. The molecule has 1 saturated heterocycles. The number of nitrogens with zero attached hydrogens (tertiary/aromatic N) is 2. The van der Waals surface area contributed by atoms with Crippen LogP contribution in [-0.2, 0) is 13.1 Å². The van der Waals surface area contributed by atoms with E-state index in [-0.39, 0.29) is 0 Å². The number of piperidine rings is 1. The van der Waals surface area contributed by atoms with E-state index in [1.54, 1.807) is 0 Å². The fourth-order valence-corrected chi connectivity index (χ4v) is 3.27. The van der Waals surface area contributed by atoms with E-state index in [1.807, 2.05) is 0 Å². The minimum Gasteiger partial charge on any atom is -0.360 e. The van der Waals surface area contributed by atoms with Crippen LogP contribution < -0.4 is 5.32 Å². The second-order valence-corrected chi connectivity index (χ2v) is 6.44. The number of aromatic nitrogens is 1. The van der Waals surface area contributed by atoms with E-state index in [0.29, 0.717) is 5.41 Å². The summed E-state index contributed by atoms with van der Waals surface area (Å²) in [7, 11) is 0. The molecule has 0 bridgehead atoms. The van der Waals surface area contributed by atoms with Crippen molar-refractivity contribution in [2.24, 2.45) is 5.41 Å². The van der Waals surface area contributed by atoms with E-state index in [9.17, 15) is 0 Å². The molecule has 4 nitrogen and oxygen atoms in total. The monoisotopic (exact) mass is 293 g/mol. The van der Waals surface area contributed by atoms with Crippen LogP contribution in [0.2, 0.25) is 0 Å². The lowest BCUT2D eigenvalue weighted by Gasteiger charge is -2.40. The van der Waals surface area contributed by atoms with Gasteiger partial charge < -0.3 is 9.84 Å². The lowest BCUT2D eigenvalue weighted by molar-refractivity contribution is 0.0847. The average molecular weight is 293 g/mol. The summed E-state index contributed by atoms with van der Waals surface area (Å²) in [5.74, 6) is 1.00. The smallest absolute Gasteiger partial charge is 0.151 e. The average Bonchev–Trinajstić information content (AvgIpc) is 2.96. The molecule has 1 aromatic rings. The zero-order valence-electron chi connectivity index (χ0n) is 14.0. The Morgan fingerprint density at radius 1 is 1.24 bits per heavy atom. The largest absolute Gasteiger partial charge is 0.360 e. The Labute approximate surface area is 129 Å². The lowest BCUT2D eigenvalue weighted by atomic mass is 9.74. The van der Waals surface area contributed by atoms with Crippen LogP contribution in [0.3, 0.4) is 0 Å². The van der Waals surface area contributed by atoms with Gasteiger partial charge in [-0.1, -0.05) is 38.8 Å². The van der Waals surface area contributed by atoms with Gasteiger partial charge in [-0.2, -0.15) is 0 Å². The molecule has 21 heavy (non-hydrogen) atoms. The van der Waals surface area contributed by atoms with E-state index in [1.165, 1.54) is 38.8 Å². The van der Waals surface area contributed by atoms with Gasteiger partial charge in [0.05, 0.1) is 12.2 Å². The predicted molar refractivity (Wildman–Crippen MR) is 86.0 cm³/mol. The molecule has 1 aliphatic rings. The SMILES string of the molecule is CCCNCc1cc(CN2CCC(CC)(CC)CC2)on1. The molecule has 1 N–H and O–H groups in total. The zero-order valence-corrected chi connectivity index (χ0v) is 14.0. The quantitative estimate of drug-likeness (QED) is 0.744. The minimum absolute atomic E-state index is 0.590. The second kappa shape index (κ2) is 7.95. The number of hydrogen-bond donors (Lipinski definition) is 1. The molecule has 2 rings (SSSR count). The van der Waals surface area contributed by atoms with Crippen LogP contribution in [0.4, 0.5) is 0 Å². The van der Waals surface area contributed by atoms with Crippen molar-refractivity contribution in [2.45, 2.75) is 66.0 Å². The van der Waals surface area contributed by atoms with Crippen molar-refractivity contribution < 1.29 is 4.52 Å². The maximum absolute atomic E-state index is 5.47. The molecule has 0 aromatic carbocycles. The number of nitrogens with one attached hydrogen (secondary N) is 1. The first-order chi connectivity index (χ1) is 10.2. The molecule has 0 amide bonds. The highest BCUT2D eigenvalue weighted by molar-refractivity contribution is 5.05. The van der Waals surface area contributed by atoms with Gasteiger partial charge in [0.2, 0.25) is 0 Å². The summed E-state index contributed by atoms with van der Waals surface area (Å²) in [5.41, 5.74) is 1.61. The van der Waals surface area contributed by atoms with E-state index >= 15 is 0 Å². The summed E-state index contributed by atoms with van der Waals surface area (Å²) in [6.45, 7) is 12.0. The number of hydrogen-bond acceptors (Lipinski definition) is 4. The Balaban J connectivity index is 1.78. The summed E-state index contributed by atoms with van der Waals surface area (Å²) >= 11 is 0. The van der Waals surface area contributed by atoms with Crippen molar-refractivity contribution in [3.05, 3.63) is 17.5 Å². The molecular weight excluding hydrogens is 262 g/mol. The first-order valence-corrected chi connectivity index (χ1v) is 8.59. The van der Waals surface area contributed by atoms with Crippen molar-refractivity contribution in [3.63, 3.8) is 0 Å². The molecule has 1 aliphatic heterocycles. The van der Waals surface area contributed by atoms with E-state index in [2.05, 4.69) is 42.2 Å². The van der Waals surface area contributed by atoms with Gasteiger partial charge in [-0.3, -0.25) is 4.90 Å². The number of likely N-dealkylation sites (tertiary alicyclic amines) is 1. The topological polar surface area (TPSA) is 41.3 Å². The van der Waals surface area contributed by atoms with Crippen LogP contribution in [0.25, 0.3) is 0 Å². The third kappa shape index (κ3) is 4.55. The first-order valence-electron chi connectivity index (χ1n) is 8.59. The van der Waals surface area contributed by atoms with Gasteiger partial charge in [-0.05, 0) is 44.3 Å². The summed E-state index contributed by atoms with van der Waals surface area (Å²) < 4.78 is 5.47. The van der Waals surface area contributed by atoms with Gasteiger partial charge in [-0.25, -0.2) is 0 Å². The third-order valence-electron chi connectivity index (χ3n) is 5.14. The van der Waals surface area contributed by atoms with Crippen LogP contribution >= 0.6 is 0 Å². The lowest BCUT2D eigenvalue weighted by Crippen LogP contribution is -2.39. The fourth-order valence-electron chi connectivity index (χ4n) is 3.27. The van der Waals surface area contributed by atoms with Gasteiger partial charge in [0.25, 0.3) is 0 Å². The fraction of sp³-hybridized carbons (Fsp3) is 0.824. The third-order valence-corrected chi connectivity index (χ3v) is 5.14. The van der Waals surface area contributed by atoms with Crippen molar-refractivity contribution >= 4 is 0 Å². The van der Waals surface area contributed by atoms with Gasteiger partial charge in [0.1, 0.15) is 0 Å². The molecule has 120 valence electrons. The molecule has 0 spiro atoms. The van der Waals surface area contributed by atoms with E-state index in [0.717, 1.165) is 37.5 Å². The van der Waals surface area contributed by atoms with Crippen molar-refractivity contribution in [1.29, 1.82) is 0 Å². The van der Waals surface area contributed by atoms with Gasteiger partial charge >= 0.3 is 0 Å². The molecule has 0 radical (unpaired) electrons. The van der Waals surface area contributed by atoms with E-state index in [4.69, 9.17) is 4.52 Å². The summed E-state index contributed by atoms with van der Waals surface area (Å²) in [4.78, 5) is 2.51. The molecule has 2 heterocycles. The molecule has 0 atom stereocenters. The van der Waals surface area contributed by atoms with Gasteiger partial charge in [0, 0.05) is 12.6 Å². The van der Waals surface area contributed by atoms with Gasteiger partial charge in [0.15, 0.2) is 5.76 Å². The first kappa shape index (κ1) is 16.5. The van der Waals surface area contributed by atoms with Crippen molar-refractivity contribution in [2.75, 3.05) is 19.6 Å². The minimum atomic E-state index is 0.590. The van der Waals surface area contributed by atoms with Crippen LogP contribution in [-0.4, -0.2) is 29.7 Å². The molecule has 0 saturated carbocycles. The molecule has 1 aromatic heterocycles. The molecule has 0 unspecified atom stereocenters. The van der Waals surface area contributed by atoms with Gasteiger partial charge in [-0.15, -0.1) is 0 Å². The summed E-state index contributed by atoms with van der Waals surface area (Å²) in [6.07, 6.45) is 6.41.